The highest BCUT2D eigenvalue weighted by Gasteiger charge is 2.23. The second-order valence-corrected chi connectivity index (χ2v) is 4.91. The summed E-state index contributed by atoms with van der Waals surface area (Å²) in [7, 11) is 0. The number of hydrogen-bond donors (Lipinski definition) is 1. The van der Waals surface area contributed by atoms with Gasteiger partial charge in [0.2, 0.25) is 5.95 Å². The van der Waals surface area contributed by atoms with E-state index in [4.69, 9.17) is 10.5 Å². The van der Waals surface area contributed by atoms with Crippen LogP contribution in [0.25, 0.3) is 0 Å². The van der Waals surface area contributed by atoms with Crippen molar-refractivity contribution in [3.63, 3.8) is 0 Å². The maximum atomic E-state index is 11.0. The first-order valence-electron chi connectivity index (χ1n) is 5.63. The normalized spacial score (nSPS) is 10.3. The molecule has 0 amide bonds. The second-order valence-electron chi connectivity index (χ2n) is 3.99. The number of aryl methyl sites for hydroxylation is 1. The largest absolute Gasteiger partial charge is 0.468 e. The van der Waals surface area contributed by atoms with Gasteiger partial charge in [-0.05, 0) is 24.6 Å². The summed E-state index contributed by atoms with van der Waals surface area (Å²) in [5.74, 6) is -0.179. The summed E-state index contributed by atoms with van der Waals surface area (Å²) in [6.07, 6.45) is 0. The van der Waals surface area contributed by atoms with Gasteiger partial charge in [-0.1, -0.05) is 28.1 Å². The summed E-state index contributed by atoms with van der Waals surface area (Å²) in [4.78, 5) is 18.0. The molecule has 0 saturated carbocycles. The smallest absolute Gasteiger partial charge is 0.352 e. The lowest BCUT2D eigenvalue weighted by molar-refractivity contribution is -0.387. The van der Waals surface area contributed by atoms with E-state index in [0.29, 0.717) is 0 Å². The Morgan fingerprint density at radius 2 is 2.00 bits per heavy atom. The average Bonchev–Trinajstić information content (AvgIpc) is 2.36. The van der Waals surface area contributed by atoms with E-state index in [1.54, 1.807) is 0 Å². The van der Waals surface area contributed by atoms with E-state index in [0.717, 1.165) is 10.0 Å². The molecule has 104 valence electrons. The number of nitro groups is 1. The fourth-order valence-corrected chi connectivity index (χ4v) is 1.87. The van der Waals surface area contributed by atoms with Crippen LogP contribution in [0.1, 0.15) is 11.3 Å². The van der Waals surface area contributed by atoms with Gasteiger partial charge in [-0.15, -0.1) is 0 Å². The summed E-state index contributed by atoms with van der Waals surface area (Å²) in [5.41, 5.74) is 6.25. The lowest BCUT2D eigenvalue weighted by atomic mass is 10.2. The van der Waals surface area contributed by atoms with E-state index >= 15 is 0 Å². The highest BCUT2D eigenvalue weighted by atomic mass is 79.9. The minimum atomic E-state index is -0.578. The predicted octanol–water partition coefficient (Wildman–Crippen LogP) is 2.62. The van der Waals surface area contributed by atoms with E-state index in [1.807, 2.05) is 24.3 Å². The molecule has 2 rings (SSSR count). The Labute approximate surface area is 123 Å². The van der Waals surface area contributed by atoms with Crippen LogP contribution in [0.3, 0.4) is 0 Å². The number of hydrogen-bond acceptors (Lipinski definition) is 6. The highest BCUT2D eigenvalue weighted by Crippen LogP contribution is 2.28. The Hall–Kier alpha value is -2.22. The first kappa shape index (κ1) is 14.2. The zero-order valence-electron chi connectivity index (χ0n) is 10.5. The third kappa shape index (κ3) is 3.21. The number of rotatable bonds is 4. The van der Waals surface area contributed by atoms with Crippen molar-refractivity contribution in [2.45, 2.75) is 13.5 Å². The van der Waals surface area contributed by atoms with Gasteiger partial charge in [0.05, 0.1) is 4.92 Å². The van der Waals surface area contributed by atoms with Crippen LogP contribution in [0.15, 0.2) is 28.7 Å². The quantitative estimate of drug-likeness (QED) is 0.678. The molecule has 1 heterocycles. The van der Waals surface area contributed by atoms with Crippen LogP contribution in [0.2, 0.25) is 0 Å². The number of nitrogens with zero attached hydrogens (tertiary/aromatic N) is 3. The maximum absolute atomic E-state index is 11.0. The SMILES string of the molecule is Cc1nc(N)nc(OCc2ccc(Br)cc2)c1[N+](=O)[O-]. The Balaban J connectivity index is 2.24. The van der Waals surface area contributed by atoms with Gasteiger partial charge >= 0.3 is 5.69 Å². The van der Waals surface area contributed by atoms with Crippen molar-refractivity contribution < 1.29 is 9.66 Å². The Morgan fingerprint density at radius 3 is 2.60 bits per heavy atom. The Kier molecular flexibility index (Phi) is 4.14. The minimum absolute atomic E-state index is 0.0566. The van der Waals surface area contributed by atoms with E-state index in [-0.39, 0.29) is 29.8 Å². The molecule has 1 aromatic heterocycles. The molecule has 0 aliphatic heterocycles. The Bertz CT molecular complexity index is 646. The van der Waals surface area contributed by atoms with E-state index in [2.05, 4.69) is 25.9 Å². The maximum Gasteiger partial charge on any atom is 0.352 e. The summed E-state index contributed by atoms with van der Waals surface area (Å²) < 4.78 is 6.34. The van der Waals surface area contributed by atoms with Crippen molar-refractivity contribution in [1.29, 1.82) is 0 Å². The van der Waals surface area contributed by atoms with Crippen molar-refractivity contribution in [3.8, 4) is 5.88 Å². The summed E-state index contributed by atoms with van der Waals surface area (Å²) >= 11 is 3.32. The highest BCUT2D eigenvalue weighted by molar-refractivity contribution is 9.10. The van der Waals surface area contributed by atoms with Gasteiger partial charge in [-0.25, -0.2) is 4.98 Å². The molecule has 0 unspecified atom stereocenters. The number of nitrogens with two attached hydrogens (primary N) is 1. The minimum Gasteiger partial charge on any atom is -0.468 e. The molecule has 2 N–H and O–H groups in total. The number of aromatic nitrogens is 2. The van der Waals surface area contributed by atoms with Crippen molar-refractivity contribution in [2.24, 2.45) is 0 Å². The number of anilines is 1. The number of nitrogen functional groups attached to an aromatic ring is 1. The molecule has 2 aromatic rings. The molecular formula is C12H11BrN4O3. The predicted molar refractivity (Wildman–Crippen MR) is 76.3 cm³/mol. The standard InChI is InChI=1S/C12H11BrN4O3/c1-7-10(17(18)19)11(16-12(14)15-7)20-6-8-2-4-9(13)5-3-8/h2-5H,6H2,1H3,(H2,14,15,16). The molecule has 20 heavy (non-hydrogen) atoms. The number of benzene rings is 1. The van der Waals surface area contributed by atoms with Gasteiger partial charge in [0.15, 0.2) is 0 Å². The molecule has 1 aromatic carbocycles. The molecule has 7 nitrogen and oxygen atoms in total. The van der Waals surface area contributed by atoms with Crippen molar-refractivity contribution in [2.75, 3.05) is 5.73 Å². The van der Waals surface area contributed by atoms with Crippen LogP contribution in [0, 0.1) is 17.0 Å². The monoisotopic (exact) mass is 338 g/mol. The van der Waals surface area contributed by atoms with Crippen molar-refractivity contribution in [3.05, 3.63) is 50.1 Å². The summed E-state index contributed by atoms with van der Waals surface area (Å²) in [5, 5.41) is 11.0. The van der Waals surface area contributed by atoms with Crippen LogP contribution in [0.5, 0.6) is 5.88 Å². The van der Waals surface area contributed by atoms with Gasteiger partial charge < -0.3 is 10.5 Å². The fraction of sp³-hybridized carbons (Fsp3) is 0.167. The van der Waals surface area contributed by atoms with Crippen LogP contribution in [-0.2, 0) is 6.61 Å². The van der Waals surface area contributed by atoms with Gasteiger partial charge in [-0.2, -0.15) is 4.98 Å². The zero-order chi connectivity index (χ0) is 14.7. The lowest BCUT2D eigenvalue weighted by Crippen LogP contribution is -2.07. The van der Waals surface area contributed by atoms with Crippen LogP contribution in [0.4, 0.5) is 11.6 Å². The summed E-state index contributed by atoms with van der Waals surface area (Å²) in [6, 6.07) is 7.39. The third-order valence-electron chi connectivity index (χ3n) is 2.52. The molecule has 0 fully saturated rings. The topological polar surface area (TPSA) is 104 Å². The Morgan fingerprint density at radius 1 is 1.35 bits per heavy atom. The average molecular weight is 339 g/mol. The van der Waals surface area contributed by atoms with Crippen molar-refractivity contribution >= 4 is 27.6 Å². The lowest BCUT2D eigenvalue weighted by Gasteiger charge is -2.07. The van der Waals surface area contributed by atoms with Crippen LogP contribution < -0.4 is 10.5 Å². The van der Waals surface area contributed by atoms with E-state index in [1.165, 1.54) is 6.92 Å². The fourth-order valence-electron chi connectivity index (χ4n) is 1.60. The van der Waals surface area contributed by atoms with E-state index in [9.17, 15) is 10.1 Å². The first-order valence-corrected chi connectivity index (χ1v) is 6.42. The van der Waals surface area contributed by atoms with Gasteiger partial charge in [0.1, 0.15) is 12.3 Å². The number of halogens is 1. The second kappa shape index (κ2) is 5.83. The molecule has 8 heteroatoms. The molecule has 0 bridgehead atoms. The molecule has 0 atom stereocenters. The van der Waals surface area contributed by atoms with E-state index < -0.39 is 4.92 Å². The van der Waals surface area contributed by atoms with Gasteiger partial charge in [0, 0.05) is 4.47 Å². The summed E-state index contributed by atoms with van der Waals surface area (Å²) in [6.45, 7) is 1.65. The number of ether oxygens (including phenoxy) is 1. The zero-order valence-corrected chi connectivity index (χ0v) is 12.1. The molecule has 0 spiro atoms. The molecule has 0 saturated heterocycles. The van der Waals surface area contributed by atoms with Gasteiger partial charge in [0.25, 0.3) is 5.88 Å². The molecule has 0 radical (unpaired) electrons. The third-order valence-corrected chi connectivity index (χ3v) is 3.04. The molecular weight excluding hydrogens is 328 g/mol. The molecule has 0 aliphatic carbocycles. The molecule has 0 aliphatic rings. The van der Waals surface area contributed by atoms with Gasteiger partial charge in [-0.3, -0.25) is 10.1 Å². The first-order chi connectivity index (χ1) is 9.47. The van der Waals surface area contributed by atoms with Crippen molar-refractivity contribution in [1.82, 2.24) is 9.97 Å². The van der Waals surface area contributed by atoms with Crippen LogP contribution in [-0.4, -0.2) is 14.9 Å². The van der Waals surface area contributed by atoms with Crippen LogP contribution >= 0.6 is 15.9 Å².